The Morgan fingerprint density at radius 2 is 1.79 bits per heavy atom. The van der Waals surface area contributed by atoms with Gasteiger partial charge in [-0.25, -0.2) is 0 Å². The molecular weight excluding hydrogens is 436 g/mol. The van der Waals surface area contributed by atoms with Gasteiger partial charge >= 0.3 is 0 Å². The van der Waals surface area contributed by atoms with Gasteiger partial charge in [-0.05, 0) is 36.2 Å². The van der Waals surface area contributed by atoms with E-state index in [1.807, 2.05) is 84.3 Å². The van der Waals surface area contributed by atoms with Crippen molar-refractivity contribution in [2.45, 2.75) is 18.6 Å². The van der Waals surface area contributed by atoms with Crippen molar-refractivity contribution in [1.82, 2.24) is 14.8 Å². The molecule has 0 radical (unpaired) electrons. The Kier molecular flexibility index (Phi) is 5.99. The van der Waals surface area contributed by atoms with Crippen LogP contribution < -0.4 is 14.8 Å². The van der Waals surface area contributed by atoms with Crippen molar-refractivity contribution in [2.75, 3.05) is 17.9 Å². The van der Waals surface area contributed by atoms with Gasteiger partial charge in [0.1, 0.15) is 0 Å². The molecule has 1 amide bonds. The number of rotatable bonds is 7. The Balaban J connectivity index is 1.38. The van der Waals surface area contributed by atoms with Gasteiger partial charge in [0.15, 0.2) is 22.5 Å². The largest absolute Gasteiger partial charge is 0.454 e. The molecule has 33 heavy (non-hydrogen) atoms. The highest BCUT2D eigenvalue weighted by Crippen LogP contribution is 2.33. The summed E-state index contributed by atoms with van der Waals surface area (Å²) in [4.78, 5) is 12.6. The predicted molar refractivity (Wildman–Crippen MR) is 128 cm³/mol. The second kappa shape index (κ2) is 9.38. The minimum Gasteiger partial charge on any atom is -0.454 e. The maximum absolute atomic E-state index is 12.6. The number of benzene rings is 3. The first-order valence-electron chi connectivity index (χ1n) is 10.5. The van der Waals surface area contributed by atoms with Crippen molar-refractivity contribution < 1.29 is 14.3 Å². The van der Waals surface area contributed by atoms with E-state index in [1.54, 1.807) is 0 Å². The van der Waals surface area contributed by atoms with E-state index in [-0.39, 0.29) is 18.5 Å². The number of aromatic nitrogens is 3. The summed E-state index contributed by atoms with van der Waals surface area (Å²) in [6.07, 6.45) is 0. The third-order valence-corrected chi connectivity index (χ3v) is 6.24. The average Bonchev–Trinajstić information content (AvgIpc) is 3.46. The fourth-order valence-electron chi connectivity index (χ4n) is 3.59. The molecule has 0 saturated carbocycles. The number of carbonyl (C=O) groups is 1. The fourth-order valence-corrected chi connectivity index (χ4v) is 4.33. The highest BCUT2D eigenvalue weighted by Gasteiger charge is 2.18. The summed E-state index contributed by atoms with van der Waals surface area (Å²) in [5.74, 6) is 2.35. The SMILES string of the molecule is Cc1ccccc1NC(=O)CSc1nnc(-c2ccccc2)n1Cc1ccc2c(c1)OCO2. The molecule has 0 fully saturated rings. The number of anilines is 1. The van der Waals surface area contributed by atoms with E-state index in [2.05, 4.69) is 15.5 Å². The molecule has 166 valence electrons. The zero-order chi connectivity index (χ0) is 22.6. The van der Waals surface area contributed by atoms with Crippen LogP contribution in [-0.4, -0.2) is 33.2 Å². The predicted octanol–water partition coefficient (Wildman–Crippen LogP) is 4.76. The Labute approximate surface area is 195 Å². The van der Waals surface area contributed by atoms with Gasteiger partial charge in [-0.2, -0.15) is 0 Å². The fraction of sp³-hybridized carbons (Fsp3) is 0.160. The lowest BCUT2D eigenvalue weighted by molar-refractivity contribution is -0.113. The van der Waals surface area contributed by atoms with Gasteiger partial charge in [0.25, 0.3) is 0 Å². The van der Waals surface area contributed by atoms with Crippen LogP contribution in [0.3, 0.4) is 0 Å². The number of hydrogen-bond acceptors (Lipinski definition) is 6. The van der Waals surface area contributed by atoms with E-state index in [1.165, 1.54) is 11.8 Å². The summed E-state index contributed by atoms with van der Waals surface area (Å²) < 4.78 is 13.0. The van der Waals surface area contributed by atoms with E-state index >= 15 is 0 Å². The van der Waals surface area contributed by atoms with E-state index in [4.69, 9.17) is 9.47 Å². The first kappa shape index (κ1) is 21.1. The number of fused-ring (bicyclic) bond motifs is 1. The van der Waals surface area contributed by atoms with Gasteiger partial charge < -0.3 is 14.8 Å². The quantitative estimate of drug-likeness (QED) is 0.402. The molecule has 0 spiro atoms. The van der Waals surface area contributed by atoms with Gasteiger partial charge in [0.2, 0.25) is 12.7 Å². The Morgan fingerprint density at radius 1 is 1.00 bits per heavy atom. The Hall–Kier alpha value is -3.78. The van der Waals surface area contributed by atoms with Crippen molar-refractivity contribution in [3.63, 3.8) is 0 Å². The van der Waals surface area contributed by atoms with Crippen molar-refractivity contribution in [1.29, 1.82) is 0 Å². The zero-order valence-corrected chi connectivity index (χ0v) is 18.8. The van der Waals surface area contributed by atoms with Crippen LogP contribution in [0.1, 0.15) is 11.1 Å². The number of hydrogen-bond donors (Lipinski definition) is 1. The van der Waals surface area contributed by atoms with Crippen LogP contribution in [-0.2, 0) is 11.3 Å². The molecule has 1 aliphatic heterocycles. The summed E-state index contributed by atoms with van der Waals surface area (Å²) in [7, 11) is 0. The number of thioether (sulfide) groups is 1. The monoisotopic (exact) mass is 458 g/mol. The number of aryl methyl sites for hydroxylation is 1. The normalized spacial score (nSPS) is 12.0. The highest BCUT2D eigenvalue weighted by atomic mass is 32.2. The number of carbonyl (C=O) groups excluding carboxylic acids is 1. The van der Waals surface area contributed by atoms with Gasteiger partial charge in [-0.3, -0.25) is 9.36 Å². The lowest BCUT2D eigenvalue weighted by Crippen LogP contribution is -2.15. The standard InChI is InChI=1S/C25H22N4O3S/c1-17-7-5-6-10-20(17)26-23(30)15-33-25-28-27-24(19-8-3-2-4-9-19)29(25)14-18-11-12-21-22(13-18)32-16-31-21/h2-13H,14-16H2,1H3,(H,26,30). The number of para-hydroxylation sites is 1. The van der Waals surface area contributed by atoms with Crippen LogP contribution in [0.5, 0.6) is 11.5 Å². The molecule has 1 aromatic heterocycles. The smallest absolute Gasteiger partial charge is 0.234 e. The number of nitrogens with one attached hydrogen (secondary N) is 1. The maximum Gasteiger partial charge on any atom is 0.234 e. The van der Waals surface area contributed by atoms with Crippen molar-refractivity contribution in [3.05, 3.63) is 83.9 Å². The van der Waals surface area contributed by atoms with Crippen molar-refractivity contribution in [3.8, 4) is 22.9 Å². The third-order valence-electron chi connectivity index (χ3n) is 5.28. The molecule has 0 aliphatic carbocycles. The molecule has 0 atom stereocenters. The molecule has 1 aliphatic rings. The first-order valence-corrected chi connectivity index (χ1v) is 11.5. The molecule has 1 N–H and O–H groups in total. The van der Waals surface area contributed by atoms with E-state index < -0.39 is 0 Å². The molecule has 2 heterocycles. The molecule has 0 saturated heterocycles. The van der Waals surface area contributed by atoms with Crippen molar-refractivity contribution >= 4 is 23.4 Å². The second-order valence-electron chi connectivity index (χ2n) is 7.60. The van der Waals surface area contributed by atoms with Crippen LogP contribution in [0.15, 0.2) is 78.0 Å². The van der Waals surface area contributed by atoms with Gasteiger partial charge in [-0.1, -0.05) is 66.4 Å². The number of ether oxygens (including phenoxy) is 2. The number of nitrogens with zero attached hydrogens (tertiary/aromatic N) is 3. The molecule has 8 heteroatoms. The van der Waals surface area contributed by atoms with Crippen LogP contribution in [0, 0.1) is 6.92 Å². The summed E-state index contributed by atoms with van der Waals surface area (Å²) in [5.41, 5.74) is 3.83. The Bertz CT molecular complexity index is 1290. The van der Waals surface area contributed by atoms with Gasteiger partial charge in [-0.15, -0.1) is 10.2 Å². The van der Waals surface area contributed by atoms with Gasteiger partial charge in [0, 0.05) is 11.3 Å². The van der Waals surface area contributed by atoms with Crippen molar-refractivity contribution in [2.24, 2.45) is 0 Å². The second-order valence-corrected chi connectivity index (χ2v) is 8.54. The maximum atomic E-state index is 12.6. The summed E-state index contributed by atoms with van der Waals surface area (Å²) in [5, 5.41) is 12.5. The minimum atomic E-state index is -0.0896. The lowest BCUT2D eigenvalue weighted by atomic mass is 10.2. The topological polar surface area (TPSA) is 78.3 Å². The minimum absolute atomic E-state index is 0.0896. The molecule has 5 rings (SSSR count). The highest BCUT2D eigenvalue weighted by molar-refractivity contribution is 7.99. The third kappa shape index (κ3) is 4.70. The molecule has 3 aromatic carbocycles. The van der Waals surface area contributed by atoms with Crippen LogP contribution in [0.2, 0.25) is 0 Å². The average molecular weight is 459 g/mol. The lowest BCUT2D eigenvalue weighted by Gasteiger charge is -2.11. The molecular formula is C25H22N4O3S. The Morgan fingerprint density at radius 3 is 2.64 bits per heavy atom. The van der Waals surface area contributed by atoms with E-state index in [9.17, 15) is 4.79 Å². The van der Waals surface area contributed by atoms with Crippen LogP contribution >= 0.6 is 11.8 Å². The zero-order valence-electron chi connectivity index (χ0n) is 18.0. The molecule has 7 nitrogen and oxygen atoms in total. The molecule has 4 aromatic rings. The summed E-state index contributed by atoms with van der Waals surface area (Å²) >= 11 is 1.36. The van der Waals surface area contributed by atoms with E-state index in [0.717, 1.165) is 39.7 Å². The molecule has 0 bridgehead atoms. The molecule has 0 unspecified atom stereocenters. The van der Waals surface area contributed by atoms with Crippen LogP contribution in [0.25, 0.3) is 11.4 Å². The number of amides is 1. The van der Waals surface area contributed by atoms with E-state index in [0.29, 0.717) is 11.7 Å². The van der Waals surface area contributed by atoms with Gasteiger partial charge in [0.05, 0.1) is 12.3 Å². The first-order chi connectivity index (χ1) is 16.2. The summed E-state index contributed by atoms with van der Waals surface area (Å²) in [6, 6.07) is 23.5. The van der Waals surface area contributed by atoms with Crippen LogP contribution in [0.4, 0.5) is 5.69 Å². The summed E-state index contributed by atoms with van der Waals surface area (Å²) in [6.45, 7) is 2.74.